The van der Waals surface area contributed by atoms with Crippen LogP contribution in [0.1, 0.15) is 30.1 Å². The zero-order chi connectivity index (χ0) is 15.4. The predicted molar refractivity (Wildman–Crippen MR) is 84.8 cm³/mol. The SMILES string of the molecule is CC1CCCN(c2ccc(NC(=O)c3cccnc3)nn2)C1. The minimum atomic E-state index is -0.234. The maximum Gasteiger partial charge on any atom is 0.258 e. The van der Waals surface area contributed by atoms with Gasteiger partial charge >= 0.3 is 0 Å². The predicted octanol–water partition coefficient (Wildman–Crippen LogP) is 2.36. The third kappa shape index (κ3) is 3.39. The molecule has 3 heterocycles. The number of carbonyl (C=O) groups is 1. The minimum Gasteiger partial charge on any atom is -0.355 e. The lowest BCUT2D eigenvalue weighted by atomic mass is 10.0. The maximum atomic E-state index is 12.0. The van der Waals surface area contributed by atoms with Gasteiger partial charge in [0.2, 0.25) is 0 Å². The van der Waals surface area contributed by atoms with Crippen molar-refractivity contribution in [1.82, 2.24) is 15.2 Å². The van der Waals surface area contributed by atoms with Gasteiger partial charge < -0.3 is 10.2 Å². The van der Waals surface area contributed by atoms with Gasteiger partial charge in [-0.2, -0.15) is 0 Å². The van der Waals surface area contributed by atoms with Crippen LogP contribution >= 0.6 is 0 Å². The number of rotatable bonds is 3. The Labute approximate surface area is 129 Å². The van der Waals surface area contributed by atoms with Crippen LogP contribution in [-0.4, -0.2) is 34.2 Å². The fraction of sp³-hybridized carbons (Fsp3) is 0.375. The van der Waals surface area contributed by atoms with Gasteiger partial charge in [0.1, 0.15) is 0 Å². The highest BCUT2D eigenvalue weighted by Gasteiger charge is 2.18. The van der Waals surface area contributed by atoms with Gasteiger partial charge in [-0.25, -0.2) is 0 Å². The highest BCUT2D eigenvalue weighted by atomic mass is 16.1. The summed E-state index contributed by atoms with van der Waals surface area (Å²) in [6.45, 7) is 4.28. The van der Waals surface area contributed by atoms with Crippen molar-refractivity contribution in [3.8, 4) is 0 Å². The van der Waals surface area contributed by atoms with Crippen LogP contribution in [0.5, 0.6) is 0 Å². The lowest BCUT2D eigenvalue weighted by molar-refractivity contribution is 0.102. The normalized spacial score (nSPS) is 18.0. The highest BCUT2D eigenvalue weighted by Crippen LogP contribution is 2.21. The molecule has 6 heteroatoms. The number of amides is 1. The van der Waals surface area contributed by atoms with Crippen LogP contribution in [0.3, 0.4) is 0 Å². The molecule has 1 amide bonds. The summed E-state index contributed by atoms with van der Waals surface area (Å²) in [5.41, 5.74) is 0.498. The molecule has 0 aliphatic carbocycles. The fourth-order valence-corrected chi connectivity index (χ4v) is 2.64. The molecule has 1 atom stereocenters. The van der Waals surface area contributed by atoms with Gasteiger partial charge in [-0.15, -0.1) is 10.2 Å². The number of aromatic nitrogens is 3. The summed E-state index contributed by atoms with van der Waals surface area (Å²) in [7, 11) is 0. The Morgan fingerprint density at radius 2 is 2.23 bits per heavy atom. The number of hydrogen-bond acceptors (Lipinski definition) is 5. The van der Waals surface area contributed by atoms with Gasteiger partial charge in [0.25, 0.3) is 5.91 Å². The molecule has 1 fully saturated rings. The first-order valence-corrected chi connectivity index (χ1v) is 7.52. The van der Waals surface area contributed by atoms with Crippen molar-refractivity contribution in [2.24, 2.45) is 5.92 Å². The summed E-state index contributed by atoms with van der Waals surface area (Å²) >= 11 is 0. The van der Waals surface area contributed by atoms with Crippen molar-refractivity contribution >= 4 is 17.5 Å². The number of piperidine rings is 1. The van der Waals surface area contributed by atoms with Gasteiger partial charge in [0.05, 0.1) is 5.56 Å². The molecule has 2 aromatic rings. The van der Waals surface area contributed by atoms with E-state index in [-0.39, 0.29) is 5.91 Å². The van der Waals surface area contributed by atoms with Crippen molar-refractivity contribution in [2.75, 3.05) is 23.3 Å². The number of hydrogen-bond donors (Lipinski definition) is 1. The van der Waals surface area contributed by atoms with Crippen LogP contribution in [0.25, 0.3) is 0 Å². The molecule has 1 saturated heterocycles. The molecule has 1 unspecified atom stereocenters. The zero-order valence-corrected chi connectivity index (χ0v) is 12.6. The number of pyridine rings is 1. The zero-order valence-electron chi connectivity index (χ0n) is 12.6. The lowest BCUT2D eigenvalue weighted by Crippen LogP contribution is -2.34. The van der Waals surface area contributed by atoms with Crippen molar-refractivity contribution in [3.05, 3.63) is 42.2 Å². The van der Waals surface area contributed by atoms with Crippen molar-refractivity contribution in [3.63, 3.8) is 0 Å². The van der Waals surface area contributed by atoms with Crippen molar-refractivity contribution < 1.29 is 4.79 Å². The van der Waals surface area contributed by atoms with Crippen LogP contribution in [0.2, 0.25) is 0 Å². The van der Waals surface area contributed by atoms with Crippen molar-refractivity contribution in [1.29, 1.82) is 0 Å². The monoisotopic (exact) mass is 297 g/mol. The Bertz CT molecular complexity index is 629. The second-order valence-corrected chi connectivity index (χ2v) is 5.67. The molecule has 2 aromatic heterocycles. The van der Waals surface area contributed by atoms with E-state index < -0.39 is 0 Å². The number of anilines is 2. The molecule has 22 heavy (non-hydrogen) atoms. The van der Waals surface area contributed by atoms with E-state index in [1.807, 2.05) is 6.07 Å². The summed E-state index contributed by atoms with van der Waals surface area (Å²) in [5, 5.41) is 11.1. The Morgan fingerprint density at radius 1 is 1.32 bits per heavy atom. The second kappa shape index (κ2) is 6.51. The van der Waals surface area contributed by atoms with Crippen LogP contribution < -0.4 is 10.2 Å². The summed E-state index contributed by atoms with van der Waals surface area (Å²) in [6.07, 6.45) is 5.60. The Morgan fingerprint density at radius 3 is 2.91 bits per heavy atom. The molecule has 1 N–H and O–H groups in total. The molecule has 0 bridgehead atoms. The minimum absolute atomic E-state index is 0.234. The first kappa shape index (κ1) is 14.4. The number of nitrogens with one attached hydrogen (secondary N) is 1. The van der Waals surface area contributed by atoms with E-state index in [1.165, 1.54) is 19.0 Å². The molecule has 0 radical (unpaired) electrons. The van der Waals surface area contributed by atoms with E-state index in [9.17, 15) is 4.79 Å². The summed E-state index contributed by atoms with van der Waals surface area (Å²) in [4.78, 5) is 18.2. The molecule has 3 rings (SSSR count). The highest BCUT2D eigenvalue weighted by molar-refractivity contribution is 6.03. The molecule has 0 aromatic carbocycles. The first-order valence-electron chi connectivity index (χ1n) is 7.52. The van der Waals surface area contributed by atoms with E-state index in [0.29, 0.717) is 17.3 Å². The molecular formula is C16H19N5O. The Hall–Kier alpha value is -2.50. The van der Waals surface area contributed by atoms with E-state index in [1.54, 1.807) is 24.4 Å². The van der Waals surface area contributed by atoms with E-state index in [2.05, 4.69) is 32.3 Å². The van der Waals surface area contributed by atoms with E-state index >= 15 is 0 Å². The van der Waals surface area contributed by atoms with Crippen LogP contribution in [0.4, 0.5) is 11.6 Å². The number of nitrogens with zero attached hydrogens (tertiary/aromatic N) is 4. The van der Waals surface area contributed by atoms with Gasteiger partial charge in [-0.1, -0.05) is 6.92 Å². The Kier molecular flexibility index (Phi) is 4.27. The first-order chi connectivity index (χ1) is 10.7. The molecule has 6 nitrogen and oxygen atoms in total. The molecule has 0 saturated carbocycles. The summed E-state index contributed by atoms with van der Waals surface area (Å²) in [6, 6.07) is 7.13. The average Bonchev–Trinajstić information content (AvgIpc) is 2.56. The van der Waals surface area contributed by atoms with Gasteiger partial charge in [0, 0.05) is 25.5 Å². The molecule has 1 aliphatic rings. The Balaban J connectivity index is 1.65. The maximum absolute atomic E-state index is 12.0. The van der Waals surface area contributed by atoms with Crippen LogP contribution in [0.15, 0.2) is 36.7 Å². The second-order valence-electron chi connectivity index (χ2n) is 5.67. The van der Waals surface area contributed by atoms with Gasteiger partial charge in [0.15, 0.2) is 11.6 Å². The topological polar surface area (TPSA) is 71.0 Å². The molecule has 114 valence electrons. The smallest absolute Gasteiger partial charge is 0.258 e. The van der Waals surface area contributed by atoms with Gasteiger partial charge in [-0.3, -0.25) is 9.78 Å². The average molecular weight is 297 g/mol. The fourth-order valence-electron chi connectivity index (χ4n) is 2.64. The van der Waals surface area contributed by atoms with E-state index in [0.717, 1.165) is 18.9 Å². The number of carbonyl (C=O) groups excluding carboxylic acids is 1. The molecule has 0 spiro atoms. The van der Waals surface area contributed by atoms with Crippen LogP contribution in [0, 0.1) is 5.92 Å². The van der Waals surface area contributed by atoms with Crippen molar-refractivity contribution in [2.45, 2.75) is 19.8 Å². The third-order valence-corrected chi connectivity index (χ3v) is 3.80. The largest absolute Gasteiger partial charge is 0.355 e. The quantitative estimate of drug-likeness (QED) is 0.941. The van der Waals surface area contributed by atoms with Gasteiger partial charge in [-0.05, 0) is 43.0 Å². The van der Waals surface area contributed by atoms with Crippen LogP contribution in [-0.2, 0) is 0 Å². The summed E-state index contributed by atoms with van der Waals surface area (Å²) < 4.78 is 0. The van der Waals surface area contributed by atoms with E-state index in [4.69, 9.17) is 0 Å². The third-order valence-electron chi connectivity index (χ3n) is 3.80. The molecule has 1 aliphatic heterocycles. The molecular weight excluding hydrogens is 278 g/mol. The summed E-state index contributed by atoms with van der Waals surface area (Å²) in [5.74, 6) is 1.76. The lowest BCUT2D eigenvalue weighted by Gasteiger charge is -2.31. The standard InChI is InChI=1S/C16H19N5O/c1-12-4-3-9-21(11-12)15-7-6-14(19-20-15)18-16(22)13-5-2-8-17-10-13/h2,5-8,10,12H,3-4,9,11H2,1H3,(H,18,19,22).